The van der Waals surface area contributed by atoms with Crippen molar-refractivity contribution in [2.45, 2.75) is 32.7 Å². The van der Waals surface area contributed by atoms with Gasteiger partial charge in [0.1, 0.15) is 17.9 Å². The average molecular weight is 410 g/mol. The van der Waals surface area contributed by atoms with E-state index >= 15 is 0 Å². The van der Waals surface area contributed by atoms with E-state index in [9.17, 15) is 22.8 Å². The second kappa shape index (κ2) is 8.05. The van der Waals surface area contributed by atoms with Crippen LogP contribution in [0, 0.1) is 6.92 Å². The van der Waals surface area contributed by atoms with E-state index in [-0.39, 0.29) is 13.1 Å². The topological polar surface area (TPSA) is 55.5 Å². The third kappa shape index (κ3) is 4.72. The van der Waals surface area contributed by atoms with Crippen LogP contribution in [-0.2, 0) is 30.6 Å². The van der Waals surface area contributed by atoms with Crippen molar-refractivity contribution in [3.8, 4) is 0 Å². The molecule has 0 spiro atoms. The SMILES string of the molecule is Cc1ccc(CN(Cc2ccco2)C(=O)Cn2cccc(C(F)(F)F)c2=O)s1. The van der Waals surface area contributed by atoms with E-state index in [2.05, 4.69) is 0 Å². The van der Waals surface area contributed by atoms with Crippen LogP contribution in [-0.4, -0.2) is 15.4 Å². The third-order valence-electron chi connectivity index (χ3n) is 4.05. The highest BCUT2D eigenvalue weighted by Gasteiger charge is 2.34. The monoisotopic (exact) mass is 410 g/mol. The van der Waals surface area contributed by atoms with Gasteiger partial charge in [0.15, 0.2) is 0 Å². The first-order chi connectivity index (χ1) is 13.2. The number of pyridine rings is 1. The minimum atomic E-state index is -4.77. The maximum absolute atomic E-state index is 12.9. The van der Waals surface area contributed by atoms with Crippen molar-refractivity contribution in [2.24, 2.45) is 0 Å². The number of rotatable bonds is 6. The van der Waals surface area contributed by atoms with Crippen LogP contribution in [0.25, 0.3) is 0 Å². The van der Waals surface area contributed by atoms with Crippen LogP contribution in [0.5, 0.6) is 0 Å². The molecule has 28 heavy (non-hydrogen) atoms. The number of furan rings is 1. The van der Waals surface area contributed by atoms with Gasteiger partial charge < -0.3 is 13.9 Å². The Labute approximate surface area is 162 Å². The van der Waals surface area contributed by atoms with Crippen LogP contribution in [0.15, 0.2) is 58.1 Å². The predicted molar refractivity (Wildman–Crippen MR) is 97.7 cm³/mol. The van der Waals surface area contributed by atoms with Gasteiger partial charge in [-0.2, -0.15) is 13.2 Å². The maximum Gasteiger partial charge on any atom is 0.421 e. The second-order valence-corrected chi connectivity index (χ2v) is 7.57. The van der Waals surface area contributed by atoms with E-state index in [0.29, 0.717) is 11.8 Å². The molecule has 0 atom stereocenters. The summed E-state index contributed by atoms with van der Waals surface area (Å²) in [5.74, 6) is 0.0573. The fourth-order valence-corrected chi connectivity index (χ4v) is 3.61. The van der Waals surface area contributed by atoms with Crippen LogP contribution in [0.1, 0.15) is 21.1 Å². The van der Waals surface area contributed by atoms with E-state index < -0.39 is 29.8 Å². The highest BCUT2D eigenvalue weighted by Crippen LogP contribution is 2.26. The smallest absolute Gasteiger partial charge is 0.421 e. The molecule has 1 amide bonds. The highest BCUT2D eigenvalue weighted by molar-refractivity contribution is 7.11. The lowest BCUT2D eigenvalue weighted by molar-refractivity contribution is -0.139. The summed E-state index contributed by atoms with van der Waals surface area (Å²) in [5.41, 5.74) is -2.54. The van der Waals surface area contributed by atoms with Crippen LogP contribution in [0.2, 0.25) is 0 Å². The van der Waals surface area contributed by atoms with E-state index in [1.807, 2.05) is 19.1 Å². The Bertz CT molecular complexity index is 1010. The van der Waals surface area contributed by atoms with Gasteiger partial charge in [-0.3, -0.25) is 9.59 Å². The number of nitrogens with zero attached hydrogens (tertiary/aromatic N) is 2. The number of alkyl halides is 3. The minimum absolute atomic E-state index is 0.149. The number of halogens is 3. The van der Waals surface area contributed by atoms with Gasteiger partial charge in [0.05, 0.1) is 19.4 Å². The number of carbonyl (C=O) groups is 1. The van der Waals surface area contributed by atoms with Crippen LogP contribution < -0.4 is 5.56 Å². The number of hydrogen-bond donors (Lipinski definition) is 0. The molecule has 3 rings (SSSR count). The van der Waals surface area contributed by atoms with Gasteiger partial charge in [-0.15, -0.1) is 11.3 Å². The summed E-state index contributed by atoms with van der Waals surface area (Å²) in [7, 11) is 0. The summed E-state index contributed by atoms with van der Waals surface area (Å²) in [6, 6.07) is 9.02. The first-order valence-electron chi connectivity index (χ1n) is 8.36. The fourth-order valence-electron chi connectivity index (χ4n) is 2.70. The van der Waals surface area contributed by atoms with Crippen molar-refractivity contribution >= 4 is 17.2 Å². The second-order valence-electron chi connectivity index (χ2n) is 6.19. The Hall–Kier alpha value is -2.81. The summed E-state index contributed by atoms with van der Waals surface area (Å²) >= 11 is 1.52. The molecule has 0 aliphatic heterocycles. The van der Waals surface area contributed by atoms with Crippen molar-refractivity contribution in [1.82, 2.24) is 9.47 Å². The normalized spacial score (nSPS) is 11.6. The number of amides is 1. The molecule has 148 valence electrons. The van der Waals surface area contributed by atoms with Gasteiger partial charge in [0.2, 0.25) is 5.91 Å². The average Bonchev–Trinajstić information content (AvgIpc) is 3.27. The first kappa shape index (κ1) is 19.9. The number of hydrogen-bond acceptors (Lipinski definition) is 4. The predicted octanol–water partition coefficient (Wildman–Crippen LogP) is 4.06. The summed E-state index contributed by atoms with van der Waals surface area (Å²) in [6.45, 7) is 1.87. The molecule has 0 N–H and O–H groups in total. The summed E-state index contributed by atoms with van der Waals surface area (Å²) < 4.78 is 44.9. The number of aromatic nitrogens is 1. The molecule has 0 aromatic carbocycles. The van der Waals surface area contributed by atoms with Crippen molar-refractivity contribution in [3.63, 3.8) is 0 Å². The highest BCUT2D eigenvalue weighted by atomic mass is 32.1. The molecule has 3 aromatic heterocycles. The molecule has 0 unspecified atom stereocenters. The Morgan fingerprint density at radius 3 is 2.57 bits per heavy atom. The van der Waals surface area contributed by atoms with Crippen LogP contribution in [0.4, 0.5) is 13.2 Å². The third-order valence-corrected chi connectivity index (χ3v) is 5.04. The molecule has 9 heteroatoms. The summed E-state index contributed by atoms with van der Waals surface area (Å²) in [6.07, 6.45) is -2.12. The summed E-state index contributed by atoms with van der Waals surface area (Å²) in [4.78, 5) is 28.4. The largest absolute Gasteiger partial charge is 0.467 e. The molecule has 0 aliphatic rings. The molecule has 0 radical (unpaired) electrons. The van der Waals surface area contributed by atoms with Gasteiger partial charge >= 0.3 is 6.18 Å². The standard InChI is InChI=1S/C19H17F3N2O3S/c1-13-6-7-15(28-13)11-24(10-14-4-3-9-27-14)17(25)12-23-8-2-5-16(18(23)26)19(20,21)22/h2-9H,10-12H2,1H3. The van der Waals surface area contributed by atoms with E-state index in [1.165, 1.54) is 28.7 Å². The Morgan fingerprint density at radius 2 is 1.96 bits per heavy atom. The zero-order valence-corrected chi connectivity index (χ0v) is 15.7. The Kier molecular flexibility index (Phi) is 5.73. The number of carbonyl (C=O) groups excluding carboxylic acids is 1. The number of thiophene rings is 1. The molecule has 3 aromatic rings. The number of aryl methyl sites for hydroxylation is 1. The van der Waals surface area contributed by atoms with E-state index in [0.717, 1.165) is 20.4 Å². The lowest BCUT2D eigenvalue weighted by Gasteiger charge is -2.22. The fraction of sp³-hybridized carbons (Fsp3) is 0.263. The molecule has 0 saturated heterocycles. The molecule has 3 heterocycles. The lowest BCUT2D eigenvalue weighted by Crippen LogP contribution is -2.37. The molecule has 0 aliphatic carbocycles. The quantitative estimate of drug-likeness (QED) is 0.616. The van der Waals surface area contributed by atoms with Crippen molar-refractivity contribution in [3.05, 3.63) is 80.3 Å². The lowest BCUT2D eigenvalue weighted by atomic mass is 10.2. The Morgan fingerprint density at radius 1 is 1.18 bits per heavy atom. The van der Waals surface area contributed by atoms with Gasteiger partial charge in [-0.1, -0.05) is 0 Å². The van der Waals surface area contributed by atoms with Crippen molar-refractivity contribution in [1.29, 1.82) is 0 Å². The zero-order chi connectivity index (χ0) is 20.3. The minimum Gasteiger partial charge on any atom is -0.467 e. The Balaban J connectivity index is 1.84. The zero-order valence-electron chi connectivity index (χ0n) is 14.9. The molecule has 0 bridgehead atoms. The first-order valence-corrected chi connectivity index (χ1v) is 9.18. The molecular formula is C19H17F3N2O3S. The summed E-state index contributed by atoms with van der Waals surface area (Å²) in [5, 5.41) is 0. The molecule has 5 nitrogen and oxygen atoms in total. The van der Waals surface area contributed by atoms with Crippen molar-refractivity contribution < 1.29 is 22.4 Å². The van der Waals surface area contributed by atoms with Gasteiger partial charge in [0.25, 0.3) is 5.56 Å². The van der Waals surface area contributed by atoms with Crippen molar-refractivity contribution in [2.75, 3.05) is 0 Å². The van der Waals surface area contributed by atoms with Crippen LogP contribution >= 0.6 is 11.3 Å². The van der Waals surface area contributed by atoms with E-state index in [4.69, 9.17) is 4.42 Å². The van der Waals surface area contributed by atoms with Gasteiger partial charge in [0, 0.05) is 16.0 Å². The van der Waals surface area contributed by atoms with Crippen LogP contribution in [0.3, 0.4) is 0 Å². The van der Waals surface area contributed by atoms with Gasteiger partial charge in [-0.05, 0) is 43.3 Å². The van der Waals surface area contributed by atoms with Gasteiger partial charge in [-0.25, -0.2) is 0 Å². The molecule has 0 saturated carbocycles. The maximum atomic E-state index is 12.9. The molecular weight excluding hydrogens is 393 g/mol. The molecule has 0 fully saturated rings. The van der Waals surface area contributed by atoms with E-state index in [1.54, 1.807) is 12.1 Å².